The van der Waals surface area contributed by atoms with Crippen molar-refractivity contribution in [3.05, 3.63) is 10.7 Å². The third kappa shape index (κ3) is 2.78. The Labute approximate surface area is 130 Å². The first-order chi connectivity index (χ1) is 9.30. The van der Waals surface area contributed by atoms with Gasteiger partial charge in [0.15, 0.2) is 0 Å². The van der Waals surface area contributed by atoms with Crippen LogP contribution in [-0.2, 0) is 0 Å². The van der Waals surface area contributed by atoms with Crippen molar-refractivity contribution < 1.29 is 0 Å². The Morgan fingerprint density at radius 3 is 2.40 bits per heavy atom. The Kier molecular flexibility index (Phi) is 4.28. The molecule has 1 fully saturated rings. The molecule has 2 N–H and O–H groups in total. The number of anilines is 2. The number of rotatable bonds is 6. The van der Waals surface area contributed by atoms with Crippen LogP contribution in [0.25, 0.3) is 0 Å². The highest BCUT2D eigenvalue weighted by Crippen LogP contribution is 2.68. The van der Waals surface area contributed by atoms with Gasteiger partial charge in [0, 0.05) is 19.3 Å². The summed E-state index contributed by atoms with van der Waals surface area (Å²) in [5.41, 5.74) is 0.783. The number of aromatic nitrogens is 2. The molecule has 1 saturated carbocycles. The van der Waals surface area contributed by atoms with Gasteiger partial charge in [-0.2, -0.15) is 4.98 Å². The average Bonchev–Trinajstić information content (AvgIpc) is 2.77. The molecule has 1 aromatic heterocycles. The van der Waals surface area contributed by atoms with Crippen molar-refractivity contribution in [1.82, 2.24) is 9.97 Å². The first-order valence-corrected chi connectivity index (χ1v) is 8.10. The van der Waals surface area contributed by atoms with Gasteiger partial charge < -0.3 is 10.6 Å². The molecular weight excluding hydrogens is 316 g/mol. The van der Waals surface area contributed by atoms with Crippen LogP contribution in [0.3, 0.4) is 0 Å². The molecule has 4 nitrogen and oxygen atoms in total. The van der Waals surface area contributed by atoms with E-state index < -0.39 is 0 Å². The van der Waals surface area contributed by atoms with Crippen LogP contribution < -0.4 is 10.6 Å². The summed E-state index contributed by atoms with van der Waals surface area (Å²) in [7, 11) is 0. The van der Waals surface area contributed by atoms with Gasteiger partial charge in [0.05, 0.1) is 4.47 Å². The SMILES string of the molecule is CCCNc1ncc(Br)c(NCC2C(C)(C)C2(C)C)n1. The fourth-order valence-electron chi connectivity index (χ4n) is 2.86. The first kappa shape index (κ1) is 15.5. The monoisotopic (exact) mass is 340 g/mol. The summed E-state index contributed by atoms with van der Waals surface area (Å²) >= 11 is 3.51. The van der Waals surface area contributed by atoms with E-state index in [2.05, 4.69) is 71.2 Å². The Morgan fingerprint density at radius 1 is 1.20 bits per heavy atom. The van der Waals surface area contributed by atoms with Crippen molar-refractivity contribution in [1.29, 1.82) is 0 Å². The van der Waals surface area contributed by atoms with Gasteiger partial charge >= 0.3 is 0 Å². The Balaban J connectivity index is 1.99. The molecule has 0 atom stereocenters. The largest absolute Gasteiger partial charge is 0.369 e. The molecule has 0 aliphatic heterocycles. The second kappa shape index (κ2) is 5.51. The third-order valence-corrected chi connectivity index (χ3v) is 5.65. The van der Waals surface area contributed by atoms with Crippen LogP contribution in [0.5, 0.6) is 0 Å². The molecule has 0 aromatic carbocycles. The third-order valence-electron chi connectivity index (χ3n) is 5.07. The van der Waals surface area contributed by atoms with Crippen LogP contribution in [0.1, 0.15) is 41.0 Å². The van der Waals surface area contributed by atoms with Crippen LogP contribution in [0.15, 0.2) is 10.7 Å². The van der Waals surface area contributed by atoms with E-state index in [0.29, 0.717) is 22.7 Å². The predicted molar refractivity (Wildman–Crippen MR) is 88.1 cm³/mol. The van der Waals surface area contributed by atoms with E-state index in [1.54, 1.807) is 6.20 Å². The molecule has 2 rings (SSSR count). The minimum atomic E-state index is 0.392. The summed E-state index contributed by atoms with van der Waals surface area (Å²) in [6, 6.07) is 0. The van der Waals surface area contributed by atoms with E-state index >= 15 is 0 Å². The van der Waals surface area contributed by atoms with Gasteiger partial charge in [-0.3, -0.25) is 0 Å². The predicted octanol–water partition coefficient (Wildman–Crippen LogP) is 4.16. The maximum Gasteiger partial charge on any atom is 0.224 e. The molecule has 0 radical (unpaired) electrons. The number of hydrogen-bond donors (Lipinski definition) is 2. The van der Waals surface area contributed by atoms with E-state index in [-0.39, 0.29) is 0 Å². The highest BCUT2D eigenvalue weighted by molar-refractivity contribution is 9.10. The number of nitrogens with one attached hydrogen (secondary N) is 2. The van der Waals surface area contributed by atoms with E-state index in [4.69, 9.17) is 0 Å². The van der Waals surface area contributed by atoms with Crippen LogP contribution >= 0.6 is 15.9 Å². The zero-order valence-electron chi connectivity index (χ0n) is 13.0. The van der Waals surface area contributed by atoms with E-state index in [9.17, 15) is 0 Å². The number of nitrogens with zero attached hydrogens (tertiary/aromatic N) is 2. The fraction of sp³-hybridized carbons (Fsp3) is 0.733. The van der Waals surface area contributed by atoms with Gasteiger partial charge in [-0.25, -0.2) is 4.98 Å². The van der Waals surface area contributed by atoms with Crippen LogP contribution in [0.4, 0.5) is 11.8 Å². The van der Waals surface area contributed by atoms with Gasteiger partial charge in [-0.1, -0.05) is 34.6 Å². The van der Waals surface area contributed by atoms with Gasteiger partial charge in [-0.15, -0.1) is 0 Å². The van der Waals surface area contributed by atoms with Crippen LogP contribution in [0.2, 0.25) is 0 Å². The van der Waals surface area contributed by atoms with Gasteiger partial charge in [0.25, 0.3) is 0 Å². The van der Waals surface area contributed by atoms with Crippen LogP contribution in [-0.4, -0.2) is 23.1 Å². The van der Waals surface area contributed by atoms with Crippen LogP contribution in [0, 0.1) is 16.7 Å². The van der Waals surface area contributed by atoms with E-state index in [1.165, 1.54) is 0 Å². The van der Waals surface area contributed by atoms with Gasteiger partial charge in [0.1, 0.15) is 5.82 Å². The van der Waals surface area contributed by atoms with Crippen molar-refractivity contribution in [2.24, 2.45) is 16.7 Å². The van der Waals surface area contributed by atoms with Crippen molar-refractivity contribution >= 4 is 27.7 Å². The Bertz CT molecular complexity index is 471. The lowest BCUT2D eigenvalue weighted by atomic mass is 10.0. The quantitative estimate of drug-likeness (QED) is 0.816. The zero-order valence-corrected chi connectivity index (χ0v) is 14.6. The number of halogens is 1. The van der Waals surface area contributed by atoms with Crippen molar-refractivity contribution in [3.63, 3.8) is 0 Å². The summed E-state index contributed by atoms with van der Waals surface area (Å²) < 4.78 is 0.913. The molecular formula is C15H25BrN4. The molecule has 0 spiro atoms. The molecule has 20 heavy (non-hydrogen) atoms. The molecule has 1 aliphatic rings. The molecule has 1 aliphatic carbocycles. The van der Waals surface area contributed by atoms with Gasteiger partial charge in [0.2, 0.25) is 5.95 Å². The molecule has 0 saturated heterocycles. The van der Waals surface area contributed by atoms with Crippen molar-refractivity contribution in [3.8, 4) is 0 Å². The molecule has 5 heteroatoms. The lowest BCUT2D eigenvalue weighted by molar-refractivity contribution is 0.457. The Morgan fingerprint density at radius 2 is 1.85 bits per heavy atom. The van der Waals surface area contributed by atoms with E-state index in [0.717, 1.165) is 29.8 Å². The number of hydrogen-bond acceptors (Lipinski definition) is 4. The van der Waals surface area contributed by atoms with Crippen molar-refractivity contribution in [2.45, 2.75) is 41.0 Å². The molecule has 0 bridgehead atoms. The molecule has 0 unspecified atom stereocenters. The molecule has 112 valence electrons. The summed E-state index contributed by atoms with van der Waals surface area (Å²) in [6.45, 7) is 13.3. The topological polar surface area (TPSA) is 49.8 Å². The normalized spacial score (nSPS) is 19.7. The minimum absolute atomic E-state index is 0.392. The maximum atomic E-state index is 4.52. The lowest BCUT2D eigenvalue weighted by Crippen LogP contribution is -2.12. The smallest absolute Gasteiger partial charge is 0.224 e. The lowest BCUT2D eigenvalue weighted by Gasteiger charge is -2.10. The van der Waals surface area contributed by atoms with Crippen molar-refractivity contribution in [2.75, 3.05) is 23.7 Å². The minimum Gasteiger partial charge on any atom is -0.369 e. The zero-order chi connectivity index (χ0) is 15.0. The highest BCUT2D eigenvalue weighted by atomic mass is 79.9. The van der Waals surface area contributed by atoms with Gasteiger partial charge in [-0.05, 0) is 39.1 Å². The maximum absolute atomic E-state index is 4.52. The summed E-state index contributed by atoms with van der Waals surface area (Å²) in [5.74, 6) is 2.23. The molecule has 0 amide bonds. The fourth-order valence-corrected chi connectivity index (χ4v) is 3.19. The Hall–Kier alpha value is -0.840. The first-order valence-electron chi connectivity index (χ1n) is 7.31. The summed E-state index contributed by atoms with van der Waals surface area (Å²) in [5, 5.41) is 6.68. The summed E-state index contributed by atoms with van der Waals surface area (Å²) in [4.78, 5) is 8.79. The van der Waals surface area contributed by atoms with E-state index in [1.807, 2.05) is 0 Å². The highest BCUT2D eigenvalue weighted by Gasteiger charge is 2.64. The summed E-state index contributed by atoms with van der Waals surface area (Å²) in [6.07, 6.45) is 2.86. The molecule has 1 heterocycles. The second-order valence-electron chi connectivity index (χ2n) is 6.69. The second-order valence-corrected chi connectivity index (χ2v) is 7.55. The standard InChI is InChI=1S/C15H25BrN4/c1-6-7-17-13-19-8-10(16)12(20-13)18-9-11-14(2,3)15(11,4)5/h8,11H,6-7,9H2,1-5H3,(H2,17,18,19,20). The average molecular weight is 341 g/mol. The molecule has 1 aromatic rings.